The van der Waals surface area contributed by atoms with Crippen LogP contribution in [0.5, 0.6) is 0 Å². The number of allylic oxidation sites excluding steroid dienone is 1. The van der Waals surface area contributed by atoms with Crippen molar-refractivity contribution < 1.29 is 9.90 Å². The van der Waals surface area contributed by atoms with Gasteiger partial charge in [0.25, 0.3) is 0 Å². The summed E-state index contributed by atoms with van der Waals surface area (Å²) in [6.45, 7) is 4.02. The van der Waals surface area contributed by atoms with Gasteiger partial charge in [-0.3, -0.25) is 4.79 Å². The van der Waals surface area contributed by atoms with Gasteiger partial charge in [0, 0.05) is 12.5 Å². The van der Waals surface area contributed by atoms with Gasteiger partial charge in [-0.05, 0) is 57.5 Å². The molecule has 0 bridgehead atoms. The van der Waals surface area contributed by atoms with Crippen LogP contribution in [0.3, 0.4) is 0 Å². The van der Waals surface area contributed by atoms with E-state index in [1.54, 1.807) is 0 Å². The second-order valence-electron chi connectivity index (χ2n) is 5.84. The number of carbonyl (C=O) groups excluding carboxylic acids is 1. The number of rotatable bonds is 5. The highest BCUT2D eigenvalue weighted by Gasteiger charge is 2.38. The van der Waals surface area contributed by atoms with Gasteiger partial charge in [0.05, 0.1) is 6.10 Å². The minimum absolute atomic E-state index is 0.114. The van der Waals surface area contributed by atoms with E-state index in [-0.39, 0.29) is 18.1 Å². The molecule has 19 heavy (non-hydrogen) atoms. The Hall–Kier alpha value is -0.870. The zero-order valence-corrected chi connectivity index (χ0v) is 11.8. The second-order valence-corrected chi connectivity index (χ2v) is 5.84. The lowest BCUT2D eigenvalue weighted by Crippen LogP contribution is -2.52. The Labute approximate surface area is 115 Å². The van der Waals surface area contributed by atoms with Gasteiger partial charge in [-0.15, -0.1) is 0 Å². The molecule has 3 N–H and O–H groups in total. The molecule has 1 saturated carbocycles. The Balaban J connectivity index is 1.91. The molecule has 4 nitrogen and oxygen atoms in total. The van der Waals surface area contributed by atoms with Crippen molar-refractivity contribution in [1.29, 1.82) is 0 Å². The monoisotopic (exact) mass is 266 g/mol. The first-order valence-electron chi connectivity index (χ1n) is 7.50. The molecule has 1 saturated heterocycles. The van der Waals surface area contributed by atoms with Crippen LogP contribution in [0.2, 0.25) is 0 Å². The number of hydrogen-bond acceptors (Lipinski definition) is 3. The quantitative estimate of drug-likeness (QED) is 0.655. The van der Waals surface area contributed by atoms with E-state index in [2.05, 4.69) is 10.6 Å². The predicted molar refractivity (Wildman–Crippen MR) is 75.7 cm³/mol. The summed E-state index contributed by atoms with van der Waals surface area (Å²) < 4.78 is 0. The molecule has 1 amide bonds. The molecule has 0 aromatic carbocycles. The van der Waals surface area contributed by atoms with E-state index in [1.165, 1.54) is 0 Å². The van der Waals surface area contributed by atoms with Crippen LogP contribution in [0, 0.1) is 11.8 Å². The number of nitrogens with one attached hydrogen (secondary N) is 2. The Morgan fingerprint density at radius 3 is 2.63 bits per heavy atom. The number of piperidine rings is 1. The molecule has 1 aliphatic carbocycles. The van der Waals surface area contributed by atoms with E-state index in [4.69, 9.17) is 0 Å². The van der Waals surface area contributed by atoms with Crippen LogP contribution in [0.25, 0.3) is 0 Å². The zero-order chi connectivity index (χ0) is 13.7. The zero-order valence-electron chi connectivity index (χ0n) is 11.8. The van der Waals surface area contributed by atoms with Gasteiger partial charge in [0.15, 0.2) is 0 Å². The van der Waals surface area contributed by atoms with Crippen LogP contribution < -0.4 is 10.6 Å². The summed E-state index contributed by atoms with van der Waals surface area (Å²) in [4.78, 5) is 11.9. The normalized spacial score (nSPS) is 30.0. The summed E-state index contributed by atoms with van der Waals surface area (Å²) in [5.41, 5.74) is 0. The van der Waals surface area contributed by atoms with Crippen LogP contribution >= 0.6 is 0 Å². The summed E-state index contributed by atoms with van der Waals surface area (Å²) in [7, 11) is 0. The van der Waals surface area contributed by atoms with E-state index in [0.29, 0.717) is 18.3 Å². The Morgan fingerprint density at radius 2 is 2.05 bits per heavy atom. The van der Waals surface area contributed by atoms with Gasteiger partial charge in [-0.25, -0.2) is 0 Å². The largest absolute Gasteiger partial charge is 0.393 e. The highest BCUT2D eigenvalue weighted by molar-refractivity contribution is 5.77. The maximum absolute atomic E-state index is 11.9. The molecule has 108 valence electrons. The molecule has 2 fully saturated rings. The molecule has 4 heteroatoms. The molecule has 0 unspecified atom stereocenters. The first kappa shape index (κ1) is 14.5. The van der Waals surface area contributed by atoms with Crippen molar-refractivity contribution in [2.24, 2.45) is 11.8 Å². The molecule has 0 spiro atoms. The number of carbonyl (C=O) groups is 1. The highest BCUT2D eigenvalue weighted by atomic mass is 16.3. The highest BCUT2D eigenvalue weighted by Crippen LogP contribution is 2.35. The first-order valence-corrected chi connectivity index (χ1v) is 7.50. The van der Waals surface area contributed by atoms with Crippen molar-refractivity contribution in [3.63, 3.8) is 0 Å². The van der Waals surface area contributed by atoms with Crippen LogP contribution in [0.15, 0.2) is 12.2 Å². The van der Waals surface area contributed by atoms with Gasteiger partial charge >= 0.3 is 0 Å². The first-order chi connectivity index (χ1) is 9.20. The van der Waals surface area contributed by atoms with E-state index in [1.807, 2.05) is 19.1 Å². The Kier molecular flexibility index (Phi) is 5.40. The molecular weight excluding hydrogens is 240 g/mol. The molecule has 1 heterocycles. The van der Waals surface area contributed by atoms with Crippen molar-refractivity contribution in [2.45, 2.75) is 51.2 Å². The molecule has 2 aliphatic rings. The molecular formula is C15H26N2O2. The average Bonchev–Trinajstić information content (AvgIpc) is 2.40. The second kappa shape index (κ2) is 7.06. The minimum atomic E-state index is -0.151. The summed E-state index contributed by atoms with van der Waals surface area (Å²) in [5, 5.41) is 16.1. The topological polar surface area (TPSA) is 61.4 Å². The fourth-order valence-electron chi connectivity index (χ4n) is 3.22. The lowest BCUT2D eigenvalue weighted by Gasteiger charge is -2.43. The fourth-order valence-corrected chi connectivity index (χ4v) is 3.22. The summed E-state index contributed by atoms with van der Waals surface area (Å²) in [5.74, 6) is 1.14. The molecule has 1 atom stereocenters. The molecule has 1 aliphatic heterocycles. The summed E-state index contributed by atoms with van der Waals surface area (Å²) in [6.07, 6.45) is 8.06. The number of hydrogen-bond donors (Lipinski definition) is 3. The maximum atomic E-state index is 11.9. The van der Waals surface area contributed by atoms with Crippen molar-refractivity contribution in [2.75, 3.05) is 13.1 Å². The van der Waals surface area contributed by atoms with Crippen LogP contribution in [-0.4, -0.2) is 36.2 Å². The lowest BCUT2D eigenvalue weighted by atomic mass is 9.71. The Bertz CT molecular complexity index is 318. The molecule has 2 rings (SSSR count). The maximum Gasteiger partial charge on any atom is 0.224 e. The van der Waals surface area contributed by atoms with Crippen molar-refractivity contribution >= 4 is 5.91 Å². The molecule has 0 radical (unpaired) electrons. The fraction of sp³-hybridized carbons (Fsp3) is 0.800. The standard InChI is InChI=1S/C15H26N2O2/c1-2-3-4-14(19)17-15(12-9-13(18)10-12)11-5-7-16-8-6-11/h2-3,11-13,15-16,18H,4-10H2,1H3,(H,17,19)/b3-2+/t12?,13?,15-/m0/s1. The van der Waals surface area contributed by atoms with E-state index in [9.17, 15) is 9.90 Å². The minimum Gasteiger partial charge on any atom is -0.393 e. The van der Waals surface area contributed by atoms with Gasteiger partial charge in [0.1, 0.15) is 0 Å². The predicted octanol–water partition coefficient (Wildman–Crippen LogP) is 1.21. The summed E-state index contributed by atoms with van der Waals surface area (Å²) >= 11 is 0. The third-order valence-electron chi connectivity index (χ3n) is 4.42. The van der Waals surface area contributed by atoms with E-state index in [0.717, 1.165) is 38.8 Å². The molecule has 0 aromatic heterocycles. The van der Waals surface area contributed by atoms with Gasteiger partial charge < -0.3 is 15.7 Å². The van der Waals surface area contributed by atoms with Gasteiger partial charge in [-0.2, -0.15) is 0 Å². The number of aliphatic hydroxyl groups is 1. The third-order valence-corrected chi connectivity index (χ3v) is 4.42. The van der Waals surface area contributed by atoms with Crippen LogP contribution in [0.4, 0.5) is 0 Å². The van der Waals surface area contributed by atoms with Crippen molar-refractivity contribution in [3.8, 4) is 0 Å². The lowest BCUT2D eigenvalue weighted by molar-refractivity contribution is -0.123. The Morgan fingerprint density at radius 1 is 1.37 bits per heavy atom. The van der Waals surface area contributed by atoms with Gasteiger partial charge in [0.2, 0.25) is 5.91 Å². The van der Waals surface area contributed by atoms with Crippen LogP contribution in [0.1, 0.15) is 39.0 Å². The third kappa shape index (κ3) is 4.05. The SMILES string of the molecule is C/C=C/CC(=O)N[C@@H](C1CCNCC1)C1CC(O)C1. The van der Waals surface area contributed by atoms with E-state index >= 15 is 0 Å². The van der Waals surface area contributed by atoms with Crippen molar-refractivity contribution in [3.05, 3.63) is 12.2 Å². The average molecular weight is 266 g/mol. The van der Waals surface area contributed by atoms with E-state index < -0.39 is 0 Å². The smallest absolute Gasteiger partial charge is 0.224 e. The number of amides is 1. The van der Waals surface area contributed by atoms with Crippen molar-refractivity contribution in [1.82, 2.24) is 10.6 Å². The summed E-state index contributed by atoms with van der Waals surface area (Å²) in [6, 6.07) is 0.253. The van der Waals surface area contributed by atoms with Gasteiger partial charge in [-0.1, -0.05) is 12.2 Å². The van der Waals surface area contributed by atoms with Crippen LogP contribution in [-0.2, 0) is 4.79 Å². The number of aliphatic hydroxyl groups excluding tert-OH is 1. The molecule has 0 aromatic rings.